The van der Waals surface area contributed by atoms with Crippen molar-refractivity contribution in [2.75, 3.05) is 39.3 Å². The van der Waals surface area contributed by atoms with E-state index in [0.29, 0.717) is 23.6 Å². The number of hydrogen-bond donors (Lipinski definition) is 2. The first-order chi connectivity index (χ1) is 15.1. The lowest BCUT2D eigenvalue weighted by atomic mass is 9.94. The van der Waals surface area contributed by atoms with Gasteiger partial charge in [0.1, 0.15) is 11.8 Å². The van der Waals surface area contributed by atoms with Crippen LogP contribution >= 0.6 is 0 Å². The molecule has 0 aromatic carbocycles. The molecule has 4 rings (SSSR count). The van der Waals surface area contributed by atoms with Crippen molar-refractivity contribution in [2.24, 2.45) is 5.92 Å². The van der Waals surface area contributed by atoms with Crippen LogP contribution in [-0.4, -0.2) is 67.0 Å². The van der Waals surface area contributed by atoms with Crippen molar-refractivity contribution >= 4 is 17.9 Å². The van der Waals surface area contributed by atoms with Gasteiger partial charge in [-0.25, -0.2) is 9.59 Å². The molecular weight excluding hydrogens is 400 g/mol. The van der Waals surface area contributed by atoms with E-state index in [9.17, 15) is 14.4 Å². The van der Waals surface area contributed by atoms with Crippen LogP contribution in [0, 0.1) is 5.92 Å². The summed E-state index contributed by atoms with van der Waals surface area (Å²) < 4.78 is 10.7. The molecule has 1 unspecified atom stereocenters. The Morgan fingerprint density at radius 1 is 1.19 bits per heavy atom. The predicted molar refractivity (Wildman–Crippen MR) is 112 cm³/mol. The second kappa shape index (κ2) is 9.55. The Balaban J connectivity index is 1.48. The molecule has 0 bridgehead atoms. The van der Waals surface area contributed by atoms with E-state index in [1.54, 1.807) is 19.1 Å². The van der Waals surface area contributed by atoms with E-state index in [4.69, 9.17) is 9.15 Å². The van der Waals surface area contributed by atoms with Crippen molar-refractivity contribution in [1.82, 2.24) is 20.4 Å². The van der Waals surface area contributed by atoms with Gasteiger partial charge in [-0.05, 0) is 57.8 Å². The molecule has 9 heteroatoms. The lowest BCUT2D eigenvalue weighted by molar-refractivity contribution is -0.139. The highest BCUT2D eigenvalue weighted by molar-refractivity contribution is 5.95. The number of nitrogens with one attached hydrogen (secondary N) is 2. The molecule has 0 radical (unpaired) electrons. The van der Waals surface area contributed by atoms with Crippen molar-refractivity contribution in [3.8, 4) is 0 Å². The second-order valence-electron chi connectivity index (χ2n) is 8.24. The van der Waals surface area contributed by atoms with Gasteiger partial charge in [0, 0.05) is 31.2 Å². The molecule has 3 aliphatic heterocycles. The minimum Gasteiger partial charge on any atom is -0.467 e. The monoisotopic (exact) mass is 430 g/mol. The van der Waals surface area contributed by atoms with Gasteiger partial charge in [-0.2, -0.15) is 0 Å². The van der Waals surface area contributed by atoms with Crippen LogP contribution < -0.4 is 10.6 Å². The van der Waals surface area contributed by atoms with E-state index in [1.807, 2.05) is 4.90 Å². The predicted octanol–water partition coefficient (Wildman–Crippen LogP) is 1.79. The molecule has 1 aromatic rings. The summed E-state index contributed by atoms with van der Waals surface area (Å²) in [5.41, 5.74) is 0.875. The fraction of sp³-hybridized carbons (Fsp3) is 0.591. The first-order valence-electron chi connectivity index (χ1n) is 11.1. The van der Waals surface area contributed by atoms with Crippen LogP contribution in [0.15, 0.2) is 34.1 Å². The topological polar surface area (TPSA) is 104 Å². The summed E-state index contributed by atoms with van der Waals surface area (Å²) in [6.07, 6.45) is 5.27. The van der Waals surface area contributed by atoms with Gasteiger partial charge < -0.3 is 24.7 Å². The van der Waals surface area contributed by atoms with Gasteiger partial charge in [0.05, 0.1) is 18.4 Å². The molecule has 168 valence electrons. The van der Waals surface area contributed by atoms with Gasteiger partial charge in [0.25, 0.3) is 0 Å². The zero-order valence-corrected chi connectivity index (χ0v) is 17.9. The van der Waals surface area contributed by atoms with Gasteiger partial charge >= 0.3 is 12.0 Å². The SMILES string of the molecule is CCOC(=O)C1=C(CN2CCC(C(=O)N3CCCC3)CC2)NC(=O)NC1c1ccco1. The summed E-state index contributed by atoms with van der Waals surface area (Å²) in [5, 5.41) is 5.55. The van der Waals surface area contributed by atoms with Gasteiger partial charge in [0.2, 0.25) is 5.91 Å². The van der Waals surface area contributed by atoms with Crippen LogP contribution in [0.25, 0.3) is 0 Å². The van der Waals surface area contributed by atoms with Crippen LogP contribution in [-0.2, 0) is 14.3 Å². The van der Waals surface area contributed by atoms with Crippen molar-refractivity contribution in [3.05, 3.63) is 35.4 Å². The molecular formula is C22H30N4O5. The zero-order chi connectivity index (χ0) is 21.8. The van der Waals surface area contributed by atoms with Crippen LogP contribution in [0.4, 0.5) is 4.79 Å². The smallest absolute Gasteiger partial charge is 0.338 e. The first-order valence-corrected chi connectivity index (χ1v) is 11.1. The maximum Gasteiger partial charge on any atom is 0.338 e. The van der Waals surface area contributed by atoms with Crippen LogP contribution in [0.2, 0.25) is 0 Å². The second-order valence-corrected chi connectivity index (χ2v) is 8.24. The lowest BCUT2D eigenvalue weighted by Crippen LogP contribution is -2.49. The van der Waals surface area contributed by atoms with Gasteiger partial charge in [-0.15, -0.1) is 0 Å². The molecule has 31 heavy (non-hydrogen) atoms. The van der Waals surface area contributed by atoms with Gasteiger partial charge in [-0.1, -0.05) is 0 Å². The Kier molecular flexibility index (Phi) is 6.60. The number of nitrogens with zero attached hydrogens (tertiary/aromatic N) is 2. The standard InChI is InChI=1S/C22H30N4O5/c1-2-30-21(28)18-16(23-22(29)24-19(18)17-6-5-13-31-17)14-25-11-7-15(8-12-25)20(27)26-9-3-4-10-26/h5-6,13,15,19H,2-4,7-12,14H2,1H3,(H2,23,24,29). The molecule has 3 aliphatic rings. The Labute approximate surface area is 181 Å². The fourth-order valence-electron chi connectivity index (χ4n) is 4.62. The van der Waals surface area contributed by atoms with Crippen molar-refractivity contribution in [2.45, 2.75) is 38.6 Å². The van der Waals surface area contributed by atoms with Gasteiger partial charge in [-0.3, -0.25) is 9.69 Å². The lowest BCUT2D eigenvalue weighted by Gasteiger charge is -2.35. The molecule has 3 amide bonds. The number of urea groups is 1. The third-order valence-electron chi connectivity index (χ3n) is 6.21. The normalized spacial score (nSPS) is 22.9. The number of likely N-dealkylation sites (tertiary alicyclic amines) is 2. The van der Waals surface area contributed by atoms with Crippen molar-refractivity contribution in [1.29, 1.82) is 0 Å². The van der Waals surface area contributed by atoms with Crippen LogP contribution in [0.3, 0.4) is 0 Å². The molecule has 2 fully saturated rings. The highest BCUT2D eigenvalue weighted by Crippen LogP contribution is 2.29. The summed E-state index contributed by atoms with van der Waals surface area (Å²) in [6, 6.07) is 2.35. The van der Waals surface area contributed by atoms with E-state index in [-0.39, 0.29) is 24.5 Å². The van der Waals surface area contributed by atoms with Gasteiger partial charge in [0.15, 0.2) is 0 Å². The van der Waals surface area contributed by atoms with Crippen LogP contribution in [0.5, 0.6) is 0 Å². The molecule has 1 atom stereocenters. The quantitative estimate of drug-likeness (QED) is 0.667. The van der Waals surface area contributed by atoms with Crippen LogP contribution in [0.1, 0.15) is 44.4 Å². The Hall–Kier alpha value is -2.81. The summed E-state index contributed by atoms with van der Waals surface area (Å²) in [4.78, 5) is 41.9. The highest BCUT2D eigenvalue weighted by atomic mass is 16.5. The molecule has 0 aliphatic carbocycles. The summed E-state index contributed by atoms with van der Waals surface area (Å²) in [5.74, 6) is 0.332. The molecule has 9 nitrogen and oxygen atoms in total. The average molecular weight is 431 g/mol. The number of carbonyl (C=O) groups excluding carboxylic acids is 3. The Morgan fingerprint density at radius 2 is 1.94 bits per heavy atom. The van der Waals surface area contributed by atoms with E-state index < -0.39 is 12.0 Å². The largest absolute Gasteiger partial charge is 0.467 e. The van der Waals surface area contributed by atoms with Crippen molar-refractivity contribution in [3.63, 3.8) is 0 Å². The number of amides is 3. The summed E-state index contributed by atoms with van der Waals surface area (Å²) >= 11 is 0. The minimum atomic E-state index is -0.702. The maximum atomic E-state index is 12.8. The first kappa shape index (κ1) is 21.4. The highest BCUT2D eigenvalue weighted by Gasteiger charge is 2.37. The van der Waals surface area contributed by atoms with E-state index >= 15 is 0 Å². The molecule has 1 aromatic heterocycles. The fourth-order valence-corrected chi connectivity index (χ4v) is 4.62. The molecule has 0 saturated carbocycles. The molecule has 2 N–H and O–H groups in total. The molecule has 4 heterocycles. The number of ether oxygens (including phenoxy) is 1. The summed E-state index contributed by atoms with van der Waals surface area (Å²) in [7, 11) is 0. The number of rotatable bonds is 6. The third kappa shape index (κ3) is 4.76. The number of esters is 1. The zero-order valence-electron chi connectivity index (χ0n) is 17.9. The maximum absolute atomic E-state index is 12.8. The van der Waals surface area contributed by atoms with E-state index in [2.05, 4.69) is 15.5 Å². The number of furan rings is 1. The van der Waals surface area contributed by atoms with E-state index in [1.165, 1.54) is 6.26 Å². The number of carbonyl (C=O) groups is 3. The van der Waals surface area contributed by atoms with E-state index in [0.717, 1.165) is 51.9 Å². The van der Waals surface area contributed by atoms with Crippen molar-refractivity contribution < 1.29 is 23.5 Å². The Bertz CT molecular complexity index is 836. The minimum absolute atomic E-state index is 0.0614. The average Bonchev–Trinajstić information content (AvgIpc) is 3.48. The summed E-state index contributed by atoms with van der Waals surface area (Å²) in [6.45, 7) is 5.61. The third-order valence-corrected chi connectivity index (χ3v) is 6.21. The molecule has 2 saturated heterocycles. The Morgan fingerprint density at radius 3 is 2.58 bits per heavy atom. The number of piperidine rings is 1. The number of hydrogen-bond acceptors (Lipinski definition) is 6. The molecule has 0 spiro atoms.